The minimum atomic E-state index is -0.193. The maximum absolute atomic E-state index is 12.1. The Morgan fingerprint density at radius 2 is 2.14 bits per heavy atom. The minimum absolute atomic E-state index is 0.193. The van der Waals surface area contributed by atoms with Gasteiger partial charge in [-0.3, -0.25) is 4.79 Å². The molecule has 0 heterocycles. The van der Waals surface area contributed by atoms with Gasteiger partial charge in [-0.1, -0.05) is 31.5 Å². The van der Waals surface area contributed by atoms with E-state index in [1.807, 2.05) is 18.2 Å². The minimum Gasteiger partial charge on any atom is -0.427 e. The van der Waals surface area contributed by atoms with Gasteiger partial charge in [0.15, 0.2) is 0 Å². The van der Waals surface area contributed by atoms with Crippen molar-refractivity contribution in [3.63, 3.8) is 0 Å². The lowest BCUT2D eigenvalue weighted by molar-refractivity contribution is -0.136. The Bertz CT molecular complexity index is 492. The Kier molecular flexibility index (Phi) is 5.80. The fourth-order valence-corrected chi connectivity index (χ4v) is 3.12. The summed E-state index contributed by atoms with van der Waals surface area (Å²) >= 11 is 0. The monoisotopic (exact) mass is 283 g/mol. The summed E-state index contributed by atoms with van der Waals surface area (Å²) in [5.74, 6) is 1.41. The summed E-state index contributed by atoms with van der Waals surface area (Å²) in [4.78, 5) is 12.1. The molecule has 1 aliphatic carbocycles. The third kappa shape index (κ3) is 4.32. The smallest absolute Gasteiger partial charge is 0.311 e. The van der Waals surface area contributed by atoms with Crippen molar-refractivity contribution in [2.75, 3.05) is 0 Å². The first-order valence-electron chi connectivity index (χ1n) is 7.50. The molecule has 2 rings (SSSR count). The van der Waals surface area contributed by atoms with E-state index in [2.05, 4.69) is 19.4 Å². The zero-order valence-electron chi connectivity index (χ0n) is 12.2. The molecule has 1 aromatic rings. The van der Waals surface area contributed by atoms with Crippen LogP contribution in [0.4, 0.5) is 0 Å². The Morgan fingerprint density at radius 3 is 2.81 bits per heavy atom. The largest absolute Gasteiger partial charge is 0.427 e. The van der Waals surface area contributed by atoms with E-state index in [0.29, 0.717) is 30.4 Å². The van der Waals surface area contributed by atoms with Crippen LogP contribution in [-0.2, 0) is 4.79 Å². The van der Waals surface area contributed by atoms with Crippen molar-refractivity contribution in [3.05, 3.63) is 43.7 Å². The molecule has 0 saturated heterocycles. The van der Waals surface area contributed by atoms with E-state index >= 15 is 0 Å². The standard InChI is InChI=1S/C18H21NO2/c1-2-14-10-11-15(7-6-12-19)17(14)13-18(20)21-16-8-4-3-5-9-16/h3-5,8-9,11,14-15,17H,1-2,6-7,10,13H2. The molecule has 1 fully saturated rings. The van der Waals surface area contributed by atoms with Crippen molar-refractivity contribution in [2.24, 2.45) is 17.8 Å². The molecule has 3 heteroatoms. The highest BCUT2D eigenvalue weighted by Gasteiger charge is 2.36. The van der Waals surface area contributed by atoms with Crippen LogP contribution in [0.5, 0.6) is 5.75 Å². The van der Waals surface area contributed by atoms with Gasteiger partial charge in [0, 0.05) is 12.8 Å². The van der Waals surface area contributed by atoms with Gasteiger partial charge in [-0.05, 0) is 49.1 Å². The van der Waals surface area contributed by atoms with Crippen molar-refractivity contribution in [2.45, 2.75) is 32.1 Å². The van der Waals surface area contributed by atoms with Crippen molar-refractivity contribution in [3.8, 4) is 11.8 Å². The number of carbonyl (C=O) groups is 1. The molecule has 110 valence electrons. The number of para-hydroxylation sites is 1. The van der Waals surface area contributed by atoms with Crippen LogP contribution in [0.2, 0.25) is 0 Å². The van der Waals surface area contributed by atoms with Crippen LogP contribution in [0.1, 0.15) is 32.1 Å². The second-order valence-electron chi connectivity index (χ2n) is 5.54. The van der Waals surface area contributed by atoms with Crippen LogP contribution < -0.4 is 4.74 Å². The van der Waals surface area contributed by atoms with Crippen LogP contribution >= 0.6 is 0 Å². The van der Waals surface area contributed by atoms with Gasteiger partial charge in [0.1, 0.15) is 5.75 Å². The third-order valence-electron chi connectivity index (χ3n) is 4.23. The molecule has 2 radical (unpaired) electrons. The number of hydrogen-bond acceptors (Lipinski definition) is 3. The van der Waals surface area contributed by atoms with E-state index < -0.39 is 0 Å². The Morgan fingerprint density at radius 1 is 1.38 bits per heavy atom. The Labute approximate surface area is 126 Å². The SMILES string of the molecule is [CH2]CC1C[CH]C(CCC#N)C1CC(=O)Oc1ccccc1. The topological polar surface area (TPSA) is 50.1 Å². The summed E-state index contributed by atoms with van der Waals surface area (Å²) < 4.78 is 5.38. The van der Waals surface area contributed by atoms with E-state index in [9.17, 15) is 4.79 Å². The lowest BCUT2D eigenvalue weighted by Crippen LogP contribution is -2.22. The van der Waals surface area contributed by atoms with Gasteiger partial charge in [0.05, 0.1) is 6.07 Å². The fraction of sp³-hybridized carbons (Fsp3) is 0.444. The summed E-state index contributed by atoms with van der Waals surface area (Å²) in [5.41, 5.74) is 0. The van der Waals surface area contributed by atoms with Crippen molar-refractivity contribution in [1.29, 1.82) is 5.26 Å². The van der Waals surface area contributed by atoms with Gasteiger partial charge in [0.2, 0.25) is 0 Å². The lowest BCUT2D eigenvalue weighted by atomic mass is 9.83. The van der Waals surface area contributed by atoms with E-state index in [0.717, 1.165) is 19.3 Å². The summed E-state index contributed by atoms with van der Waals surface area (Å²) in [6, 6.07) is 11.3. The fourth-order valence-electron chi connectivity index (χ4n) is 3.12. The maximum Gasteiger partial charge on any atom is 0.311 e. The molecular weight excluding hydrogens is 262 g/mol. The quantitative estimate of drug-likeness (QED) is 0.586. The van der Waals surface area contributed by atoms with Crippen LogP contribution in [0.15, 0.2) is 30.3 Å². The van der Waals surface area contributed by atoms with Gasteiger partial charge < -0.3 is 4.74 Å². The molecule has 1 aromatic carbocycles. The van der Waals surface area contributed by atoms with E-state index in [1.165, 1.54) is 0 Å². The zero-order chi connectivity index (χ0) is 15.1. The van der Waals surface area contributed by atoms with Gasteiger partial charge >= 0.3 is 5.97 Å². The summed E-state index contributed by atoms with van der Waals surface area (Å²) in [5, 5.41) is 8.74. The molecule has 0 aliphatic heterocycles. The Balaban J connectivity index is 1.94. The first-order chi connectivity index (χ1) is 10.2. The van der Waals surface area contributed by atoms with Gasteiger partial charge in [-0.2, -0.15) is 5.26 Å². The number of esters is 1. The average Bonchev–Trinajstić information content (AvgIpc) is 2.88. The number of rotatable bonds is 6. The number of nitriles is 1. The normalized spacial score (nSPS) is 24.5. The molecule has 0 bridgehead atoms. The van der Waals surface area contributed by atoms with Crippen molar-refractivity contribution >= 4 is 5.97 Å². The van der Waals surface area contributed by atoms with Gasteiger partial charge in [0.25, 0.3) is 0 Å². The third-order valence-corrected chi connectivity index (χ3v) is 4.23. The number of benzene rings is 1. The van der Waals surface area contributed by atoms with Gasteiger partial charge in [-0.25, -0.2) is 0 Å². The summed E-state index contributed by atoms with van der Waals surface area (Å²) in [7, 11) is 0. The van der Waals surface area contributed by atoms with E-state index in [1.54, 1.807) is 12.1 Å². The highest BCUT2D eigenvalue weighted by molar-refractivity contribution is 5.72. The van der Waals surface area contributed by atoms with Crippen molar-refractivity contribution < 1.29 is 9.53 Å². The summed E-state index contributed by atoms with van der Waals surface area (Å²) in [6.07, 6.45) is 5.84. The molecule has 0 N–H and O–H groups in total. The van der Waals surface area contributed by atoms with Crippen LogP contribution in [-0.4, -0.2) is 5.97 Å². The molecule has 0 amide bonds. The molecule has 0 aromatic heterocycles. The van der Waals surface area contributed by atoms with Crippen LogP contribution in [0, 0.1) is 42.4 Å². The molecule has 1 saturated carbocycles. The van der Waals surface area contributed by atoms with Crippen LogP contribution in [0.25, 0.3) is 0 Å². The Hall–Kier alpha value is -1.82. The number of ether oxygens (including phenoxy) is 1. The molecular formula is C18H21NO2. The van der Waals surface area contributed by atoms with Gasteiger partial charge in [-0.15, -0.1) is 0 Å². The first-order valence-corrected chi connectivity index (χ1v) is 7.50. The number of hydrogen-bond donors (Lipinski definition) is 0. The molecule has 3 unspecified atom stereocenters. The molecule has 3 nitrogen and oxygen atoms in total. The van der Waals surface area contributed by atoms with E-state index in [4.69, 9.17) is 10.00 Å². The molecule has 3 atom stereocenters. The lowest BCUT2D eigenvalue weighted by Gasteiger charge is -2.22. The van der Waals surface area contributed by atoms with Crippen molar-refractivity contribution in [1.82, 2.24) is 0 Å². The molecule has 0 spiro atoms. The number of carbonyl (C=O) groups excluding carboxylic acids is 1. The maximum atomic E-state index is 12.1. The first kappa shape index (κ1) is 15.6. The second kappa shape index (κ2) is 7.83. The summed E-state index contributed by atoms with van der Waals surface area (Å²) in [6.45, 7) is 3.99. The predicted octanol–water partition coefficient (Wildman–Crippen LogP) is 3.97. The average molecular weight is 283 g/mol. The highest BCUT2D eigenvalue weighted by Crippen LogP contribution is 2.42. The van der Waals surface area contributed by atoms with E-state index in [-0.39, 0.29) is 11.9 Å². The van der Waals surface area contributed by atoms with Crippen LogP contribution in [0.3, 0.4) is 0 Å². The highest BCUT2D eigenvalue weighted by atomic mass is 16.5. The number of nitrogens with zero attached hydrogens (tertiary/aromatic N) is 1. The second-order valence-corrected chi connectivity index (χ2v) is 5.54. The molecule has 1 aliphatic rings. The predicted molar refractivity (Wildman–Crippen MR) is 80.9 cm³/mol. The molecule has 21 heavy (non-hydrogen) atoms. The zero-order valence-corrected chi connectivity index (χ0v) is 12.2.